The van der Waals surface area contributed by atoms with Gasteiger partial charge in [0.15, 0.2) is 0 Å². The Balaban J connectivity index is 1.87. The fourth-order valence-corrected chi connectivity index (χ4v) is 5.09. The van der Waals surface area contributed by atoms with Crippen molar-refractivity contribution in [3.8, 4) is 22.6 Å². The van der Waals surface area contributed by atoms with Gasteiger partial charge in [0, 0.05) is 10.9 Å². The van der Waals surface area contributed by atoms with Crippen molar-refractivity contribution >= 4 is 51.0 Å². The van der Waals surface area contributed by atoms with E-state index in [2.05, 4.69) is 21.2 Å². The van der Waals surface area contributed by atoms with Gasteiger partial charge >= 0.3 is 5.97 Å². The van der Waals surface area contributed by atoms with Gasteiger partial charge in [-0.2, -0.15) is 0 Å². The molecule has 0 saturated carbocycles. The largest absolute Gasteiger partial charge is 0.496 e. The first kappa shape index (κ1) is 27.8. The first-order valence-corrected chi connectivity index (χ1v) is 12.3. The standard InChI is InChI=1S/C26H24BrCl2NO6/c1-34-21-9-15(13-31)10-22(35-2)23(21)16-6-4-14(5-7-16)8-20(26(33)36-3)30-25(32)24-18(28)11-17(27)12-19(24)29/h4-7,9-12,20,31H,8,13H2,1-3H3,(H,30,32)/t20-/m0/s1. The number of carbonyl (C=O) groups is 2. The lowest BCUT2D eigenvalue weighted by molar-refractivity contribution is -0.142. The van der Waals surface area contributed by atoms with Gasteiger partial charge in [-0.3, -0.25) is 4.79 Å². The molecule has 0 heterocycles. The van der Waals surface area contributed by atoms with Gasteiger partial charge in [0.2, 0.25) is 0 Å². The van der Waals surface area contributed by atoms with Gasteiger partial charge in [0.05, 0.1) is 49.1 Å². The molecule has 0 aliphatic heterocycles. The van der Waals surface area contributed by atoms with Crippen molar-refractivity contribution in [1.82, 2.24) is 5.32 Å². The van der Waals surface area contributed by atoms with Gasteiger partial charge in [-0.05, 0) is 41.0 Å². The fourth-order valence-electron chi connectivity index (χ4n) is 3.71. The van der Waals surface area contributed by atoms with E-state index in [1.54, 1.807) is 38.5 Å². The highest BCUT2D eigenvalue weighted by Gasteiger charge is 2.25. The molecular formula is C26H24BrCl2NO6. The second-order valence-corrected chi connectivity index (χ2v) is 9.46. The van der Waals surface area contributed by atoms with E-state index < -0.39 is 17.9 Å². The number of nitrogens with one attached hydrogen (secondary N) is 1. The van der Waals surface area contributed by atoms with E-state index in [4.69, 9.17) is 37.4 Å². The van der Waals surface area contributed by atoms with E-state index >= 15 is 0 Å². The van der Waals surface area contributed by atoms with Crippen LogP contribution in [0.25, 0.3) is 11.1 Å². The highest BCUT2D eigenvalue weighted by molar-refractivity contribution is 9.10. The Morgan fingerprint density at radius 2 is 1.50 bits per heavy atom. The molecule has 10 heteroatoms. The Morgan fingerprint density at radius 3 is 1.97 bits per heavy atom. The van der Waals surface area contributed by atoms with Crippen LogP contribution in [0.15, 0.2) is 53.0 Å². The van der Waals surface area contributed by atoms with Gasteiger partial charge in [0.25, 0.3) is 5.91 Å². The molecule has 0 unspecified atom stereocenters. The molecule has 1 atom stereocenters. The first-order valence-electron chi connectivity index (χ1n) is 10.7. The molecule has 36 heavy (non-hydrogen) atoms. The highest BCUT2D eigenvalue weighted by Crippen LogP contribution is 2.39. The molecule has 3 rings (SSSR count). The van der Waals surface area contributed by atoms with E-state index in [1.165, 1.54) is 7.11 Å². The van der Waals surface area contributed by atoms with E-state index in [-0.39, 0.29) is 28.6 Å². The minimum atomic E-state index is -0.975. The summed E-state index contributed by atoms with van der Waals surface area (Å²) >= 11 is 15.7. The van der Waals surface area contributed by atoms with Gasteiger partial charge in [0.1, 0.15) is 17.5 Å². The van der Waals surface area contributed by atoms with E-state index in [0.29, 0.717) is 21.5 Å². The predicted molar refractivity (Wildman–Crippen MR) is 142 cm³/mol. The number of aliphatic hydroxyl groups excluding tert-OH is 1. The number of methoxy groups -OCH3 is 3. The minimum Gasteiger partial charge on any atom is -0.496 e. The number of hydrogen-bond acceptors (Lipinski definition) is 6. The van der Waals surface area contributed by atoms with Crippen LogP contribution < -0.4 is 14.8 Å². The molecule has 0 aliphatic rings. The molecule has 3 aromatic rings. The molecule has 0 aromatic heterocycles. The summed E-state index contributed by atoms with van der Waals surface area (Å²) in [6.07, 6.45) is 0.169. The van der Waals surface area contributed by atoms with Crippen molar-refractivity contribution in [1.29, 1.82) is 0 Å². The highest BCUT2D eigenvalue weighted by atomic mass is 79.9. The molecular weight excluding hydrogens is 573 g/mol. The number of aliphatic hydroxyl groups is 1. The summed E-state index contributed by atoms with van der Waals surface area (Å²) in [5.41, 5.74) is 3.03. The van der Waals surface area contributed by atoms with Crippen LogP contribution in [-0.4, -0.2) is 44.4 Å². The number of hydrogen-bond donors (Lipinski definition) is 2. The van der Waals surface area contributed by atoms with Crippen LogP contribution in [0.2, 0.25) is 10.0 Å². The summed E-state index contributed by atoms with van der Waals surface area (Å²) in [4.78, 5) is 25.4. The summed E-state index contributed by atoms with van der Waals surface area (Å²) in [6.45, 7) is -0.150. The monoisotopic (exact) mass is 595 g/mol. The van der Waals surface area contributed by atoms with Crippen LogP contribution in [0.1, 0.15) is 21.5 Å². The molecule has 1 amide bonds. The molecule has 7 nitrogen and oxygen atoms in total. The SMILES string of the molecule is COC(=O)[C@H](Cc1ccc(-c2c(OC)cc(CO)cc2OC)cc1)NC(=O)c1c(Cl)cc(Br)cc1Cl. The van der Waals surface area contributed by atoms with Crippen LogP contribution in [0.4, 0.5) is 0 Å². The average molecular weight is 597 g/mol. The maximum atomic E-state index is 12.9. The third kappa shape index (κ3) is 6.31. The minimum absolute atomic E-state index is 0.0660. The molecule has 0 bridgehead atoms. The lowest BCUT2D eigenvalue weighted by Crippen LogP contribution is -2.43. The lowest BCUT2D eigenvalue weighted by Gasteiger charge is -2.18. The summed E-state index contributed by atoms with van der Waals surface area (Å²) in [5, 5.41) is 12.5. The Bertz CT molecular complexity index is 1220. The lowest BCUT2D eigenvalue weighted by atomic mass is 9.98. The Labute approximate surface area is 227 Å². The van der Waals surface area contributed by atoms with Crippen LogP contribution in [0, 0.1) is 0 Å². The van der Waals surface area contributed by atoms with Crippen molar-refractivity contribution in [2.45, 2.75) is 19.1 Å². The maximum Gasteiger partial charge on any atom is 0.328 e. The molecule has 2 N–H and O–H groups in total. The third-order valence-corrected chi connectivity index (χ3v) is 6.51. The second-order valence-electron chi connectivity index (χ2n) is 7.73. The zero-order valence-corrected chi connectivity index (χ0v) is 22.8. The van der Waals surface area contributed by atoms with E-state index in [0.717, 1.165) is 16.7 Å². The molecule has 0 aliphatic carbocycles. The number of halogens is 3. The van der Waals surface area contributed by atoms with Gasteiger partial charge < -0.3 is 24.6 Å². The zero-order chi connectivity index (χ0) is 26.4. The molecule has 0 radical (unpaired) electrons. The average Bonchev–Trinajstić information content (AvgIpc) is 2.86. The quantitative estimate of drug-likeness (QED) is 0.319. The van der Waals surface area contributed by atoms with Crippen LogP contribution in [0.5, 0.6) is 11.5 Å². The number of benzene rings is 3. The van der Waals surface area contributed by atoms with Crippen molar-refractivity contribution < 1.29 is 28.9 Å². The van der Waals surface area contributed by atoms with Crippen LogP contribution in [0.3, 0.4) is 0 Å². The first-order chi connectivity index (χ1) is 17.2. The van der Waals surface area contributed by atoms with Crippen LogP contribution in [-0.2, 0) is 22.6 Å². The van der Waals surface area contributed by atoms with E-state index in [1.807, 2.05) is 24.3 Å². The number of esters is 1. The summed E-state index contributed by atoms with van der Waals surface area (Å²) in [6, 6.07) is 13.0. The fraction of sp³-hybridized carbons (Fsp3) is 0.231. The number of carbonyl (C=O) groups excluding carboxylic acids is 2. The van der Waals surface area contributed by atoms with Gasteiger partial charge in [-0.15, -0.1) is 0 Å². The van der Waals surface area contributed by atoms with Crippen molar-refractivity contribution in [3.63, 3.8) is 0 Å². The molecule has 0 fully saturated rings. The molecule has 0 saturated heterocycles. The third-order valence-electron chi connectivity index (χ3n) is 5.46. The van der Waals surface area contributed by atoms with E-state index in [9.17, 15) is 14.7 Å². The number of amides is 1. The predicted octanol–water partition coefficient (Wildman–Crippen LogP) is 5.45. The summed E-state index contributed by atoms with van der Waals surface area (Å²) < 4.78 is 16.5. The summed E-state index contributed by atoms with van der Waals surface area (Å²) in [7, 11) is 4.33. The van der Waals surface area contributed by atoms with Crippen LogP contribution >= 0.6 is 39.1 Å². The molecule has 0 spiro atoms. The maximum absolute atomic E-state index is 12.9. The normalized spacial score (nSPS) is 11.5. The Hall–Kier alpha value is -2.78. The zero-order valence-electron chi connectivity index (χ0n) is 19.7. The smallest absolute Gasteiger partial charge is 0.328 e. The van der Waals surface area contributed by atoms with Gasteiger partial charge in [-0.1, -0.05) is 63.4 Å². The van der Waals surface area contributed by atoms with Crippen molar-refractivity contribution in [2.75, 3.05) is 21.3 Å². The second kappa shape index (κ2) is 12.5. The molecule has 190 valence electrons. The summed E-state index contributed by atoms with van der Waals surface area (Å²) in [5.74, 6) is -0.106. The van der Waals surface area contributed by atoms with Crippen molar-refractivity contribution in [3.05, 3.63) is 79.7 Å². The van der Waals surface area contributed by atoms with Crippen molar-refractivity contribution in [2.24, 2.45) is 0 Å². The Kier molecular flexibility index (Phi) is 9.62. The van der Waals surface area contributed by atoms with Gasteiger partial charge in [-0.25, -0.2) is 4.79 Å². The topological polar surface area (TPSA) is 94.1 Å². The number of rotatable bonds is 9. The number of ether oxygens (including phenoxy) is 3. The molecule has 3 aromatic carbocycles. The Morgan fingerprint density at radius 1 is 0.944 bits per heavy atom.